The van der Waals surface area contributed by atoms with E-state index >= 15 is 0 Å². The molecular formula is C24H20N4OS2. The van der Waals surface area contributed by atoms with Gasteiger partial charge in [0.2, 0.25) is 5.91 Å². The molecule has 5 rings (SSSR count). The molecule has 0 radical (unpaired) electrons. The highest BCUT2D eigenvalue weighted by molar-refractivity contribution is 7.99. The van der Waals surface area contributed by atoms with E-state index in [4.69, 9.17) is 0 Å². The van der Waals surface area contributed by atoms with Crippen LogP contribution in [0.15, 0.2) is 77.3 Å². The Morgan fingerprint density at radius 2 is 1.77 bits per heavy atom. The number of rotatable bonds is 6. The topological polar surface area (TPSA) is 59.8 Å². The summed E-state index contributed by atoms with van der Waals surface area (Å²) < 4.78 is 3.30. The fraction of sp³-hybridized carbons (Fsp3) is 0.125. The Balaban J connectivity index is 1.34. The van der Waals surface area contributed by atoms with Crippen LogP contribution in [0.3, 0.4) is 0 Å². The summed E-state index contributed by atoms with van der Waals surface area (Å²) in [6.45, 7) is 2.81. The van der Waals surface area contributed by atoms with Gasteiger partial charge in [-0.05, 0) is 24.4 Å². The quantitative estimate of drug-likeness (QED) is 0.323. The number of carbonyl (C=O) groups is 1. The second kappa shape index (κ2) is 8.53. The van der Waals surface area contributed by atoms with Gasteiger partial charge in [0.15, 0.2) is 11.0 Å². The van der Waals surface area contributed by atoms with Crippen LogP contribution in [0, 0.1) is 0 Å². The summed E-state index contributed by atoms with van der Waals surface area (Å²) in [7, 11) is 0. The zero-order valence-corrected chi connectivity index (χ0v) is 18.5. The number of nitrogens with zero attached hydrogens (tertiary/aromatic N) is 3. The fourth-order valence-corrected chi connectivity index (χ4v) is 5.42. The smallest absolute Gasteiger partial charge is 0.234 e. The minimum atomic E-state index is -0.0606. The number of aromatic nitrogens is 3. The van der Waals surface area contributed by atoms with E-state index < -0.39 is 0 Å². The Morgan fingerprint density at radius 1 is 1.00 bits per heavy atom. The predicted molar refractivity (Wildman–Crippen MR) is 130 cm³/mol. The monoisotopic (exact) mass is 444 g/mol. The third-order valence-corrected chi connectivity index (χ3v) is 7.08. The van der Waals surface area contributed by atoms with E-state index in [-0.39, 0.29) is 11.7 Å². The van der Waals surface area contributed by atoms with Crippen LogP contribution >= 0.6 is 23.1 Å². The SMILES string of the molecule is CCn1c(SCC(=O)Nc2cccc3ccccc23)nnc1-c1csc2ccccc12. The van der Waals surface area contributed by atoms with Crippen molar-refractivity contribution in [3.63, 3.8) is 0 Å². The molecule has 1 N–H and O–H groups in total. The highest BCUT2D eigenvalue weighted by atomic mass is 32.2. The van der Waals surface area contributed by atoms with Gasteiger partial charge < -0.3 is 9.88 Å². The maximum atomic E-state index is 12.7. The number of hydrogen-bond donors (Lipinski definition) is 1. The van der Waals surface area contributed by atoms with Gasteiger partial charge in [0.1, 0.15) is 0 Å². The van der Waals surface area contributed by atoms with Gasteiger partial charge >= 0.3 is 0 Å². The Morgan fingerprint density at radius 3 is 2.65 bits per heavy atom. The number of benzene rings is 3. The molecule has 2 heterocycles. The lowest BCUT2D eigenvalue weighted by molar-refractivity contribution is -0.113. The Hall–Kier alpha value is -3.16. The van der Waals surface area contributed by atoms with Crippen molar-refractivity contribution in [1.29, 1.82) is 0 Å². The van der Waals surface area contributed by atoms with Gasteiger partial charge in [-0.3, -0.25) is 4.79 Å². The zero-order chi connectivity index (χ0) is 21.2. The summed E-state index contributed by atoms with van der Waals surface area (Å²) in [6, 6.07) is 22.3. The van der Waals surface area contributed by atoms with Crippen LogP contribution < -0.4 is 5.32 Å². The first kappa shape index (κ1) is 19.8. The van der Waals surface area contributed by atoms with Crippen LogP contribution in [-0.4, -0.2) is 26.4 Å². The van der Waals surface area contributed by atoms with Crippen molar-refractivity contribution in [3.05, 3.63) is 72.1 Å². The first-order valence-electron chi connectivity index (χ1n) is 10.0. The second-order valence-electron chi connectivity index (χ2n) is 7.06. The molecule has 3 aromatic carbocycles. The van der Waals surface area contributed by atoms with Crippen molar-refractivity contribution in [2.75, 3.05) is 11.1 Å². The highest BCUT2D eigenvalue weighted by Crippen LogP contribution is 2.34. The van der Waals surface area contributed by atoms with Crippen LogP contribution in [0.4, 0.5) is 5.69 Å². The summed E-state index contributed by atoms with van der Waals surface area (Å²) in [6.07, 6.45) is 0. The molecule has 31 heavy (non-hydrogen) atoms. The molecule has 0 aliphatic carbocycles. The summed E-state index contributed by atoms with van der Waals surface area (Å²) in [5, 5.41) is 18.1. The standard InChI is InChI=1S/C24H20N4OS2/c1-2-28-23(19-14-30-21-13-6-5-11-18(19)21)26-27-24(28)31-15-22(29)25-20-12-7-9-16-8-3-4-10-17(16)20/h3-14H,2,15H2,1H3,(H,25,29). The lowest BCUT2D eigenvalue weighted by Crippen LogP contribution is -2.15. The molecule has 0 bridgehead atoms. The molecule has 0 aliphatic heterocycles. The Bertz CT molecular complexity index is 1380. The maximum absolute atomic E-state index is 12.7. The number of nitrogens with one attached hydrogen (secondary N) is 1. The van der Waals surface area contributed by atoms with E-state index in [0.717, 1.165) is 39.5 Å². The Kier molecular flexibility index (Phi) is 5.44. The average Bonchev–Trinajstić information content (AvgIpc) is 3.41. The molecule has 0 spiro atoms. The van der Waals surface area contributed by atoms with E-state index in [0.29, 0.717) is 0 Å². The lowest BCUT2D eigenvalue weighted by Gasteiger charge is -2.09. The number of thiophene rings is 1. The van der Waals surface area contributed by atoms with Crippen LogP contribution in [0.5, 0.6) is 0 Å². The van der Waals surface area contributed by atoms with E-state index in [1.165, 1.54) is 21.8 Å². The predicted octanol–water partition coefficient (Wildman–Crippen LogP) is 6.06. The lowest BCUT2D eigenvalue weighted by atomic mass is 10.1. The van der Waals surface area contributed by atoms with Gasteiger partial charge in [0.25, 0.3) is 0 Å². The molecule has 0 unspecified atom stereocenters. The van der Waals surface area contributed by atoms with E-state index in [2.05, 4.69) is 44.5 Å². The fourth-order valence-electron chi connectivity index (χ4n) is 3.68. The van der Waals surface area contributed by atoms with Crippen molar-refractivity contribution in [2.24, 2.45) is 0 Å². The third kappa shape index (κ3) is 3.82. The molecular weight excluding hydrogens is 424 g/mol. The van der Waals surface area contributed by atoms with Crippen LogP contribution in [-0.2, 0) is 11.3 Å². The van der Waals surface area contributed by atoms with Crippen molar-refractivity contribution < 1.29 is 4.79 Å². The summed E-state index contributed by atoms with van der Waals surface area (Å²) in [5.41, 5.74) is 1.91. The second-order valence-corrected chi connectivity index (χ2v) is 8.91. The molecule has 2 aromatic heterocycles. The van der Waals surface area contributed by atoms with Gasteiger partial charge in [0.05, 0.1) is 5.75 Å². The summed E-state index contributed by atoms with van der Waals surface area (Å²) >= 11 is 3.11. The molecule has 5 aromatic rings. The number of hydrogen-bond acceptors (Lipinski definition) is 5. The number of anilines is 1. The molecule has 1 amide bonds. The van der Waals surface area contributed by atoms with E-state index in [1.807, 2.05) is 54.6 Å². The number of amides is 1. The molecule has 0 saturated heterocycles. The first-order chi connectivity index (χ1) is 15.2. The van der Waals surface area contributed by atoms with Gasteiger partial charge in [0, 0.05) is 38.6 Å². The third-order valence-electron chi connectivity index (χ3n) is 5.15. The number of fused-ring (bicyclic) bond motifs is 2. The van der Waals surface area contributed by atoms with E-state index in [1.54, 1.807) is 11.3 Å². The van der Waals surface area contributed by atoms with E-state index in [9.17, 15) is 4.79 Å². The van der Waals surface area contributed by atoms with Gasteiger partial charge in [-0.1, -0.05) is 66.4 Å². The van der Waals surface area contributed by atoms with Crippen LogP contribution in [0.25, 0.3) is 32.2 Å². The molecule has 0 fully saturated rings. The van der Waals surface area contributed by atoms with Crippen molar-refractivity contribution in [1.82, 2.24) is 14.8 Å². The largest absolute Gasteiger partial charge is 0.325 e. The zero-order valence-electron chi connectivity index (χ0n) is 16.9. The summed E-state index contributed by atoms with van der Waals surface area (Å²) in [4.78, 5) is 12.7. The highest BCUT2D eigenvalue weighted by Gasteiger charge is 2.17. The molecule has 0 atom stereocenters. The molecule has 7 heteroatoms. The normalized spacial score (nSPS) is 11.3. The molecule has 0 aliphatic rings. The Labute approximate surface area is 188 Å². The first-order valence-corrected chi connectivity index (χ1v) is 11.9. The average molecular weight is 445 g/mol. The minimum absolute atomic E-state index is 0.0606. The molecule has 5 nitrogen and oxygen atoms in total. The molecule has 0 saturated carbocycles. The van der Waals surface area contributed by atoms with Gasteiger partial charge in [-0.25, -0.2) is 0 Å². The van der Waals surface area contributed by atoms with Crippen molar-refractivity contribution in [2.45, 2.75) is 18.6 Å². The van der Waals surface area contributed by atoms with Crippen molar-refractivity contribution >= 4 is 55.6 Å². The number of carbonyl (C=O) groups excluding carboxylic acids is 1. The van der Waals surface area contributed by atoms with Gasteiger partial charge in [-0.15, -0.1) is 21.5 Å². The van der Waals surface area contributed by atoms with Crippen molar-refractivity contribution in [3.8, 4) is 11.4 Å². The van der Waals surface area contributed by atoms with Crippen LogP contribution in [0.2, 0.25) is 0 Å². The minimum Gasteiger partial charge on any atom is -0.325 e. The summed E-state index contributed by atoms with van der Waals surface area (Å²) in [5.74, 6) is 1.05. The number of thioether (sulfide) groups is 1. The maximum Gasteiger partial charge on any atom is 0.234 e. The van der Waals surface area contributed by atoms with Crippen LogP contribution in [0.1, 0.15) is 6.92 Å². The molecule has 154 valence electrons. The van der Waals surface area contributed by atoms with Gasteiger partial charge in [-0.2, -0.15) is 0 Å².